The van der Waals surface area contributed by atoms with Crippen LogP contribution in [0.15, 0.2) is 82.6 Å². The molecule has 0 saturated heterocycles. The summed E-state index contributed by atoms with van der Waals surface area (Å²) in [6.45, 7) is 9.70. The van der Waals surface area contributed by atoms with E-state index < -0.39 is 64.2 Å². The zero-order chi connectivity index (χ0) is 44.2. The smallest absolute Gasteiger partial charge is 0.424 e. The van der Waals surface area contributed by atoms with Crippen molar-refractivity contribution in [1.29, 1.82) is 0 Å². The first kappa shape index (κ1) is 42.9. The van der Waals surface area contributed by atoms with Crippen molar-refractivity contribution < 1.29 is 57.6 Å². The summed E-state index contributed by atoms with van der Waals surface area (Å²) in [5, 5.41) is 29.2. The van der Waals surface area contributed by atoms with Crippen molar-refractivity contribution in [3.8, 4) is 17.4 Å². The van der Waals surface area contributed by atoms with Gasteiger partial charge in [-0.15, -0.1) is 0 Å². The van der Waals surface area contributed by atoms with Crippen LogP contribution < -0.4 is 19.1 Å². The van der Waals surface area contributed by atoms with E-state index in [1.807, 2.05) is 36.4 Å². The first-order valence-corrected chi connectivity index (χ1v) is 20.0. The van der Waals surface area contributed by atoms with Crippen molar-refractivity contribution in [2.45, 2.75) is 90.4 Å². The number of anilines is 1. The number of aliphatic hydroxyl groups excluding tert-OH is 1. The van der Waals surface area contributed by atoms with Crippen molar-refractivity contribution in [3.63, 3.8) is 0 Å². The second-order valence-corrected chi connectivity index (χ2v) is 17.7. The van der Waals surface area contributed by atoms with Gasteiger partial charge >= 0.3 is 12.2 Å². The monoisotopic (exact) mass is 837 g/mol. The van der Waals surface area contributed by atoms with Gasteiger partial charge in [0.1, 0.15) is 47.2 Å². The Bertz CT molecular complexity index is 2370. The number of Topliss-reactive ketones (excluding diaryl/α,β-unsaturated/α-hetero) is 2. The molecule has 322 valence electrons. The number of benzene rings is 3. The molecule has 0 fully saturated rings. The van der Waals surface area contributed by atoms with E-state index in [0.29, 0.717) is 16.0 Å². The Morgan fingerprint density at radius 1 is 0.869 bits per heavy atom. The molecule has 61 heavy (non-hydrogen) atoms. The number of hydrogen-bond donors (Lipinski definition) is 2. The van der Waals surface area contributed by atoms with E-state index >= 15 is 4.79 Å². The largest absolute Gasteiger partial charge is 0.508 e. The number of amides is 2. The van der Waals surface area contributed by atoms with Gasteiger partial charge in [0.25, 0.3) is 5.88 Å². The van der Waals surface area contributed by atoms with Gasteiger partial charge in [0, 0.05) is 23.1 Å². The maximum Gasteiger partial charge on any atom is 0.424 e. The van der Waals surface area contributed by atoms with E-state index in [4.69, 9.17) is 28.2 Å². The molecule has 2 amide bonds. The summed E-state index contributed by atoms with van der Waals surface area (Å²) in [7, 11) is 4.88. The Balaban J connectivity index is 1.40. The number of hydrogen-bond acceptors (Lipinski definition) is 14. The summed E-state index contributed by atoms with van der Waals surface area (Å²) >= 11 is 0. The van der Waals surface area contributed by atoms with Gasteiger partial charge < -0.3 is 38.4 Å². The lowest BCUT2D eigenvalue weighted by Crippen LogP contribution is -2.59. The molecular weight excluding hydrogens is 787 g/mol. The molecule has 7 rings (SSSR count). The number of rotatable bonds is 9. The average molecular weight is 838 g/mol. The van der Waals surface area contributed by atoms with Crippen LogP contribution in [0.5, 0.6) is 17.4 Å². The minimum absolute atomic E-state index is 0.0333. The fourth-order valence-electron chi connectivity index (χ4n) is 8.37. The lowest BCUT2D eigenvalue weighted by atomic mass is 9.58. The van der Waals surface area contributed by atoms with Gasteiger partial charge in [-0.25, -0.2) is 9.59 Å². The third kappa shape index (κ3) is 7.95. The predicted molar refractivity (Wildman–Crippen MR) is 221 cm³/mol. The van der Waals surface area contributed by atoms with E-state index in [0.717, 1.165) is 5.56 Å². The van der Waals surface area contributed by atoms with Gasteiger partial charge in [0.05, 0.1) is 18.7 Å². The summed E-state index contributed by atoms with van der Waals surface area (Å²) in [6, 6.07) is 18.8. The predicted octanol–water partition coefficient (Wildman–Crippen LogP) is 7.94. The van der Waals surface area contributed by atoms with Crippen LogP contribution in [0.4, 0.5) is 15.3 Å². The van der Waals surface area contributed by atoms with Crippen molar-refractivity contribution >= 4 is 29.4 Å². The quantitative estimate of drug-likeness (QED) is 0.165. The summed E-state index contributed by atoms with van der Waals surface area (Å²) < 4.78 is 35.5. The maximum atomic E-state index is 15.3. The van der Waals surface area contributed by atoms with E-state index in [2.05, 4.69) is 5.16 Å². The van der Waals surface area contributed by atoms with Crippen molar-refractivity contribution in [3.05, 3.63) is 112 Å². The van der Waals surface area contributed by atoms with Gasteiger partial charge in [-0.1, -0.05) is 60.7 Å². The van der Waals surface area contributed by atoms with E-state index in [1.54, 1.807) is 84.8 Å². The highest BCUT2D eigenvalue weighted by molar-refractivity contribution is 6.19. The summed E-state index contributed by atoms with van der Waals surface area (Å²) in [6.07, 6.45) is -2.13. The maximum absolute atomic E-state index is 15.3. The van der Waals surface area contributed by atoms with Crippen LogP contribution in [0.1, 0.15) is 97.2 Å². The summed E-state index contributed by atoms with van der Waals surface area (Å²) in [5.74, 6) is -4.42. The first-order valence-electron chi connectivity index (χ1n) is 20.0. The van der Waals surface area contributed by atoms with Crippen LogP contribution >= 0.6 is 0 Å². The van der Waals surface area contributed by atoms with Crippen LogP contribution in [-0.2, 0) is 29.1 Å². The van der Waals surface area contributed by atoms with Gasteiger partial charge in [-0.2, -0.15) is 4.90 Å². The molecular formula is C46H51N3O12. The average Bonchev–Trinajstić information content (AvgIpc) is 3.60. The molecule has 0 bridgehead atoms. The lowest BCUT2D eigenvalue weighted by molar-refractivity contribution is -0.0559. The molecule has 0 spiro atoms. The Morgan fingerprint density at radius 2 is 1.43 bits per heavy atom. The fourth-order valence-corrected chi connectivity index (χ4v) is 8.37. The lowest BCUT2D eigenvalue weighted by Gasteiger charge is -2.49. The highest BCUT2D eigenvalue weighted by Gasteiger charge is 2.64. The van der Waals surface area contributed by atoms with Crippen molar-refractivity contribution in [2.24, 2.45) is 11.8 Å². The zero-order valence-electron chi connectivity index (χ0n) is 35.7. The zero-order valence-corrected chi connectivity index (χ0v) is 35.7. The molecule has 4 aromatic rings. The molecule has 0 unspecified atom stereocenters. The second kappa shape index (κ2) is 16.0. The van der Waals surface area contributed by atoms with Crippen LogP contribution in [0, 0.1) is 11.8 Å². The Morgan fingerprint density at radius 3 is 1.95 bits per heavy atom. The van der Waals surface area contributed by atoms with Gasteiger partial charge in [-0.3, -0.25) is 14.5 Å². The molecule has 2 N–H and O–H groups in total. The SMILES string of the molecule is COc1cc(N(C(=O)OC(C)(C)C)C(=O)OC(C)(C)C)c(OCc2ccccc2)c2c1C[C@H]1C[C@H]3[C@H](N(C)C)c4onc(OCc5ccccc5)c4C(=O)[C@@]3(O)C(O)=C1C2=O. The number of allylic oxidation sites excluding steroid dienone is 1. The number of ketones is 2. The minimum atomic E-state index is -2.62. The second-order valence-electron chi connectivity index (χ2n) is 17.7. The van der Waals surface area contributed by atoms with Gasteiger partial charge in [-0.05, 0) is 90.7 Å². The van der Waals surface area contributed by atoms with Crippen LogP contribution in [0.3, 0.4) is 0 Å². The molecule has 1 aromatic heterocycles. The minimum Gasteiger partial charge on any atom is -0.508 e. The van der Waals surface area contributed by atoms with Gasteiger partial charge in [0.2, 0.25) is 5.78 Å². The third-order valence-corrected chi connectivity index (χ3v) is 10.9. The van der Waals surface area contributed by atoms with Crippen molar-refractivity contribution in [1.82, 2.24) is 10.1 Å². The molecule has 3 aromatic carbocycles. The third-order valence-electron chi connectivity index (χ3n) is 10.9. The highest BCUT2D eigenvalue weighted by atomic mass is 16.6. The first-order chi connectivity index (χ1) is 28.7. The number of methoxy groups -OCH3 is 1. The summed E-state index contributed by atoms with van der Waals surface area (Å²) in [5.41, 5.74) is -3.67. The molecule has 15 heteroatoms. The molecule has 0 aliphatic heterocycles. The number of imide groups is 1. The van der Waals surface area contributed by atoms with Crippen LogP contribution in [-0.4, -0.2) is 82.0 Å². The molecule has 3 aliphatic carbocycles. The van der Waals surface area contributed by atoms with E-state index in [1.165, 1.54) is 13.2 Å². The van der Waals surface area contributed by atoms with Crippen LogP contribution in [0.25, 0.3) is 0 Å². The molecule has 3 aliphatic rings. The van der Waals surface area contributed by atoms with Gasteiger partial charge in [0.15, 0.2) is 22.9 Å². The molecule has 1 heterocycles. The Labute approximate surface area is 353 Å². The topological polar surface area (TPSA) is 187 Å². The number of carbonyl (C=O) groups excluding carboxylic acids is 4. The number of nitrogens with zero attached hydrogens (tertiary/aromatic N) is 3. The van der Waals surface area contributed by atoms with E-state index in [9.17, 15) is 24.6 Å². The van der Waals surface area contributed by atoms with Crippen LogP contribution in [0.2, 0.25) is 0 Å². The van der Waals surface area contributed by atoms with Crippen molar-refractivity contribution in [2.75, 3.05) is 26.1 Å². The molecule has 15 nitrogen and oxygen atoms in total. The molecule has 0 saturated carbocycles. The number of aliphatic hydroxyl groups is 2. The summed E-state index contributed by atoms with van der Waals surface area (Å²) in [4.78, 5) is 60.6. The normalized spacial score (nSPS) is 20.9. The number of carbonyl (C=O) groups is 4. The Kier molecular flexibility index (Phi) is 11.3. The fraction of sp³-hybridized carbons (Fsp3) is 0.413. The van der Waals surface area contributed by atoms with E-state index in [-0.39, 0.29) is 71.6 Å². The number of aromatic nitrogens is 1. The number of fused-ring (bicyclic) bond motifs is 4. The number of ether oxygens (including phenoxy) is 5. The standard InChI is InChI=1S/C46H51N3O12/c1-44(2,3)59-42(53)49(43(54)60-45(4,5)6)30-22-31(56-9)28-20-27-21-29-35(48(7)8)38-34(41(47-61-38)58-24-26-18-14-11-15-19-26)40(52)46(29,55)39(51)32(27)36(50)33(28)37(30)57-23-25-16-12-10-13-17-25/h10-19,22,27,29,35,51,55H,20-21,23-24H2,1-9H3/t27-,29-,35-,46-/m0/s1. The highest BCUT2D eigenvalue weighted by Crippen LogP contribution is 2.58. The molecule has 4 atom stereocenters. The molecule has 0 radical (unpaired) electrons. The Hall–Kier alpha value is -6.19.